The topological polar surface area (TPSA) is 106 Å². The number of anilines is 2. The molecule has 1 aromatic carbocycles. The van der Waals surface area contributed by atoms with Crippen molar-refractivity contribution in [3.05, 3.63) is 24.0 Å². The molecule has 0 spiro atoms. The quantitative estimate of drug-likeness (QED) is 0.700. The van der Waals surface area contributed by atoms with Crippen LogP contribution in [0.1, 0.15) is 26.2 Å². The van der Waals surface area contributed by atoms with Gasteiger partial charge in [-0.25, -0.2) is 9.18 Å². The maximum Gasteiger partial charge on any atom is 0.414 e. The molecular formula is C20H25FN4O4. The first kappa shape index (κ1) is 20.9. The predicted molar refractivity (Wildman–Crippen MR) is 104 cm³/mol. The highest BCUT2D eigenvalue weighted by atomic mass is 19.1. The van der Waals surface area contributed by atoms with Gasteiger partial charge >= 0.3 is 6.09 Å². The van der Waals surface area contributed by atoms with Crippen molar-refractivity contribution in [2.75, 3.05) is 36.0 Å². The number of nitriles is 1. The zero-order valence-electron chi connectivity index (χ0n) is 16.3. The summed E-state index contributed by atoms with van der Waals surface area (Å²) in [7, 11) is 0. The SMILES string of the molecule is CC(=O)NCC1CN(c2ccc(N3CCC(CC(O)C#N)CC3)c(F)c2)C(=O)O1. The fourth-order valence-corrected chi connectivity index (χ4v) is 3.79. The molecule has 0 radical (unpaired) electrons. The van der Waals surface area contributed by atoms with Crippen LogP contribution in [0.4, 0.5) is 20.6 Å². The van der Waals surface area contributed by atoms with Gasteiger partial charge in [0.15, 0.2) is 0 Å². The van der Waals surface area contributed by atoms with Crippen molar-refractivity contribution in [3.8, 4) is 6.07 Å². The minimum absolute atomic E-state index is 0.208. The van der Waals surface area contributed by atoms with Crippen molar-refractivity contribution in [1.29, 1.82) is 5.26 Å². The second kappa shape index (κ2) is 9.09. The van der Waals surface area contributed by atoms with Gasteiger partial charge in [0, 0.05) is 20.0 Å². The van der Waals surface area contributed by atoms with Gasteiger partial charge in [0.2, 0.25) is 5.91 Å². The number of rotatable bonds is 6. The first-order chi connectivity index (χ1) is 13.9. The molecule has 156 valence electrons. The van der Waals surface area contributed by atoms with E-state index in [9.17, 15) is 19.1 Å². The number of benzene rings is 1. The molecule has 0 aliphatic carbocycles. The lowest BCUT2D eigenvalue weighted by atomic mass is 9.91. The number of hydrogen-bond donors (Lipinski definition) is 2. The molecule has 0 bridgehead atoms. The van der Waals surface area contributed by atoms with Crippen molar-refractivity contribution in [1.82, 2.24) is 5.32 Å². The monoisotopic (exact) mass is 404 g/mol. The van der Waals surface area contributed by atoms with Crippen molar-refractivity contribution in [3.63, 3.8) is 0 Å². The van der Waals surface area contributed by atoms with Crippen LogP contribution in [0.2, 0.25) is 0 Å². The van der Waals surface area contributed by atoms with Gasteiger partial charge in [0.25, 0.3) is 0 Å². The summed E-state index contributed by atoms with van der Waals surface area (Å²) in [5.74, 6) is -0.375. The number of ether oxygens (including phenoxy) is 1. The standard InChI is InChI=1S/C20H25FN4O4/c1-13(26)23-11-17-12-25(20(28)29-17)15-2-3-19(18(21)9-15)24-6-4-14(5-7-24)8-16(27)10-22/h2-3,9,14,16-17,27H,4-8,11-12H2,1H3,(H,23,26). The molecule has 2 atom stereocenters. The molecular weight excluding hydrogens is 379 g/mol. The summed E-state index contributed by atoms with van der Waals surface area (Å²) < 4.78 is 20.0. The Kier molecular flexibility index (Phi) is 6.54. The highest BCUT2D eigenvalue weighted by Gasteiger charge is 2.33. The van der Waals surface area contributed by atoms with E-state index in [1.807, 2.05) is 11.0 Å². The number of halogens is 1. The fraction of sp³-hybridized carbons (Fsp3) is 0.550. The zero-order chi connectivity index (χ0) is 21.0. The van der Waals surface area contributed by atoms with Gasteiger partial charge in [-0.1, -0.05) is 0 Å². The van der Waals surface area contributed by atoms with E-state index >= 15 is 0 Å². The average Bonchev–Trinajstić information content (AvgIpc) is 3.07. The van der Waals surface area contributed by atoms with Crippen LogP contribution in [0.3, 0.4) is 0 Å². The summed E-state index contributed by atoms with van der Waals surface area (Å²) in [5, 5.41) is 20.8. The summed E-state index contributed by atoms with van der Waals surface area (Å²) in [6, 6.07) is 6.50. The minimum atomic E-state index is -0.947. The molecule has 2 fully saturated rings. The summed E-state index contributed by atoms with van der Waals surface area (Å²) in [6.45, 7) is 3.13. The molecule has 0 saturated carbocycles. The molecule has 2 heterocycles. The van der Waals surface area contributed by atoms with Crippen LogP contribution in [-0.2, 0) is 9.53 Å². The number of amides is 2. The predicted octanol–water partition coefficient (Wildman–Crippen LogP) is 1.78. The van der Waals surface area contributed by atoms with Crippen molar-refractivity contribution < 1.29 is 23.8 Å². The fourth-order valence-electron chi connectivity index (χ4n) is 3.79. The third-order valence-corrected chi connectivity index (χ3v) is 5.36. The van der Waals surface area contributed by atoms with Crippen molar-refractivity contribution in [2.45, 2.75) is 38.4 Å². The number of aliphatic hydroxyl groups excluding tert-OH is 1. The van der Waals surface area contributed by atoms with Crippen LogP contribution >= 0.6 is 0 Å². The summed E-state index contributed by atoms with van der Waals surface area (Å²) in [6.07, 6.45) is 0.0214. The smallest absolute Gasteiger partial charge is 0.414 e. The van der Waals surface area contributed by atoms with E-state index in [4.69, 9.17) is 10.00 Å². The van der Waals surface area contributed by atoms with E-state index in [1.165, 1.54) is 17.9 Å². The number of aliphatic hydroxyl groups is 1. The lowest BCUT2D eigenvalue weighted by Gasteiger charge is -2.34. The Balaban J connectivity index is 1.60. The highest BCUT2D eigenvalue weighted by molar-refractivity contribution is 5.90. The molecule has 9 heteroatoms. The average molecular weight is 404 g/mol. The maximum atomic E-state index is 14.8. The lowest BCUT2D eigenvalue weighted by Crippen LogP contribution is -2.35. The Morgan fingerprint density at radius 2 is 2.17 bits per heavy atom. The lowest BCUT2D eigenvalue weighted by molar-refractivity contribution is -0.119. The molecule has 29 heavy (non-hydrogen) atoms. The van der Waals surface area contributed by atoms with E-state index in [0.717, 1.165) is 12.8 Å². The number of cyclic esters (lactones) is 1. The van der Waals surface area contributed by atoms with Gasteiger partial charge in [-0.05, 0) is 43.4 Å². The van der Waals surface area contributed by atoms with Crippen molar-refractivity contribution in [2.24, 2.45) is 5.92 Å². The van der Waals surface area contributed by atoms with Gasteiger partial charge < -0.3 is 20.1 Å². The van der Waals surface area contributed by atoms with E-state index in [-0.39, 0.29) is 24.9 Å². The van der Waals surface area contributed by atoms with Gasteiger partial charge in [-0.3, -0.25) is 9.69 Å². The molecule has 2 N–H and O–H groups in total. The van der Waals surface area contributed by atoms with Crippen LogP contribution in [0.15, 0.2) is 18.2 Å². The summed E-state index contributed by atoms with van der Waals surface area (Å²) >= 11 is 0. The maximum absolute atomic E-state index is 14.8. The normalized spacial score (nSPS) is 20.9. The number of carbonyl (C=O) groups is 2. The van der Waals surface area contributed by atoms with Gasteiger partial charge in [0.05, 0.1) is 30.5 Å². The zero-order valence-corrected chi connectivity index (χ0v) is 16.3. The Bertz CT molecular complexity index is 804. The van der Waals surface area contributed by atoms with Crippen LogP contribution in [0.25, 0.3) is 0 Å². The van der Waals surface area contributed by atoms with Gasteiger partial charge in [-0.15, -0.1) is 0 Å². The second-order valence-electron chi connectivity index (χ2n) is 7.50. The van der Waals surface area contributed by atoms with Crippen LogP contribution in [0, 0.1) is 23.1 Å². The molecule has 2 aliphatic heterocycles. The van der Waals surface area contributed by atoms with Crippen LogP contribution in [0.5, 0.6) is 0 Å². The second-order valence-corrected chi connectivity index (χ2v) is 7.50. The van der Waals surface area contributed by atoms with E-state index in [2.05, 4.69) is 5.32 Å². The minimum Gasteiger partial charge on any atom is -0.442 e. The third-order valence-electron chi connectivity index (χ3n) is 5.36. The molecule has 1 aromatic rings. The molecule has 2 aliphatic rings. The number of nitrogens with zero attached hydrogens (tertiary/aromatic N) is 3. The van der Waals surface area contributed by atoms with Crippen LogP contribution in [-0.4, -0.2) is 55.5 Å². The Morgan fingerprint density at radius 1 is 1.45 bits per heavy atom. The largest absolute Gasteiger partial charge is 0.442 e. The molecule has 8 nitrogen and oxygen atoms in total. The summed E-state index contributed by atoms with van der Waals surface area (Å²) in [5.41, 5.74) is 0.879. The first-order valence-electron chi connectivity index (χ1n) is 9.72. The first-order valence-corrected chi connectivity index (χ1v) is 9.72. The van der Waals surface area contributed by atoms with Crippen molar-refractivity contribution >= 4 is 23.4 Å². The Morgan fingerprint density at radius 3 is 2.79 bits per heavy atom. The van der Waals surface area contributed by atoms with E-state index < -0.39 is 24.1 Å². The van der Waals surface area contributed by atoms with E-state index in [1.54, 1.807) is 12.1 Å². The number of piperidine rings is 1. The van der Waals surface area contributed by atoms with Gasteiger partial charge in [0.1, 0.15) is 18.0 Å². The molecule has 0 aromatic heterocycles. The summed E-state index contributed by atoms with van der Waals surface area (Å²) in [4.78, 5) is 26.4. The number of hydrogen-bond acceptors (Lipinski definition) is 6. The Hall–Kier alpha value is -2.86. The van der Waals surface area contributed by atoms with Crippen LogP contribution < -0.4 is 15.1 Å². The molecule has 3 rings (SSSR count). The molecule has 2 saturated heterocycles. The van der Waals surface area contributed by atoms with E-state index in [0.29, 0.717) is 30.9 Å². The highest BCUT2D eigenvalue weighted by Crippen LogP contribution is 2.31. The number of nitrogens with one attached hydrogen (secondary N) is 1. The number of carbonyl (C=O) groups excluding carboxylic acids is 2. The molecule has 2 amide bonds. The Labute approximate surface area is 168 Å². The third kappa shape index (κ3) is 5.15. The van der Waals surface area contributed by atoms with Gasteiger partial charge in [-0.2, -0.15) is 5.26 Å². The molecule has 2 unspecified atom stereocenters.